The van der Waals surface area contributed by atoms with Crippen molar-refractivity contribution in [1.82, 2.24) is 0 Å². The van der Waals surface area contributed by atoms with Crippen LogP contribution in [0.3, 0.4) is 0 Å². The Balaban J connectivity index is 2.12. The Hall–Kier alpha value is -1.91. The van der Waals surface area contributed by atoms with Gasteiger partial charge in [-0.05, 0) is 42.8 Å². The van der Waals surface area contributed by atoms with Crippen molar-refractivity contribution in [2.75, 3.05) is 6.54 Å². The van der Waals surface area contributed by atoms with E-state index in [1.165, 1.54) is 36.5 Å². The number of halogens is 2. The van der Waals surface area contributed by atoms with Gasteiger partial charge in [-0.3, -0.25) is 4.99 Å². The molecule has 0 bridgehead atoms. The maximum Gasteiger partial charge on any atom is 0.124 e. The molecule has 0 aliphatic heterocycles. The minimum atomic E-state index is -1.22. The second-order valence-electron chi connectivity index (χ2n) is 4.95. The van der Waals surface area contributed by atoms with Gasteiger partial charge in [0.15, 0.2) is 0 Å². The quantitative estimate of drug-likeness (QED) is 0.849. The van der Waals surface area contributed by atoms with Crippen LogP contribution >= 0.6 is 11.6 Å². The fourth-order valence-corrected chi connectivity index (χ4v) is 2.03. The lowest BCUT2D eigenvalue weighted by molar-refractivity contribution is 0.0675. The Morgan fingerprint density at radius 2 is 1.90 bits per heavy atom. The molecule has 0 amide bonds. The third-order valence-corrected chi connectivity index (χ3v) is 3.32. The van der Waals surface area contributed by atoms with E-state index in [1.807, 2.05) is 0 Å². The second-order valence-corrected chi connectivity index (χ2v) is 5.39. The van der Waals surface area contributed by atoms with Gasteiger partial charge in [0.05, 0.1) is 6.54 Å². The van der Waals surface area contributed by atoms with E-state index in [2.05, 4.69) is 4.99 Å². The predicted octanol–water partition coefficient (Wildman–Crippen LogP) is 3.51. The van der Waals surface area contributed by atoms with Gasteiger partial charge in [-0.2, -0.15) is 0 Å². The summed E-state index contributed by atoms with van der Waals surface area (Å²) in [6, 6.07) is 10.2. The SMILES string of the molecule is CC(O)(CN=Cc1cc(Cl)ccc1O)c1ccc(F)cc1. The average Bonchev–Trinajstić information content (AvgIpc) is 2.43. The molecule has 5 heteroatoms. The lowest BCUT2D eigenvalue weighted by atomic mass is 9.96. The number of aliphatic imine (C=N–C) groups is 1. The van der Waals surface area contributed by atoms with Gasteiger partial charge in [0.1, 0.15) is 17.2 Å². The van der Waals surface area contributed by atoms with E-state index in [0.717, 1.165) is 0 Å². The van der Waals surface area contributed by atoms with Crippen molar-refractivity contribution in [3.63, 3.8) is 0 Å². The standard InChI is InChI=1S/C16H15ClFNO2/c1-16(21,12-2-5-14(18)6-3-12)10-19-9-11-8-13(17)4-7-15(11)20/h2-9,20-21H,10H2,1H3. The van der Waals surface area contributed by atoms with Crippen LogP contribution in [0.5, 0.6) is 5.75 Å². The zero-order valence-electron chi connectivity index (χ0n) is 11.4. The van der Waals surface area contributed by atoms with E-state index in [9.17, 15) is 14.6 Å². The Morgan fingerprint density at radius 3 is 2.57 bits per heavy atom. The largest absolute Gasteiger partial charge is 0.507 e. The number of nitrogens with zero attached hydrogens (tertiary/aromatic N) is 1. The monoisotopic (exact) mass is 307 g/mol. The predicted molar refractivity (Wildman–Crippen MR) is 81.5 cm³/mol. The van der Waals surface area contributed by atoms with E-state index >= 15 is 0 Å². The van der Waals surface area contributed by atoms with E-state index in [1.54, 1.807) is 19.1 Å². The molecule has 0 saturated carbocycles. The number of hydrogen-bond acceptors (Lipinski definition) is 3. The molecule has 2 aromatic rings. The van der Waals surface area contributed by atoms with Crippen LogP contribution in [0.25, 0.3) is 0 Å². The Kier molecular flexibility index (Phi) is 4.60. The molecule has 1 unspecified atom stereocenters. The molecule has 110 valence electrons. The topological polar surface area (TPSA) is 52.8 Å². The molecule has 0 saturated heterocycles. The van der Waals surface area contributed by atoms with Crippen LogP contribution in [0.2, 0.25) is 5.02 Å². The van der Waals surface area contributed by atoms with Gasteiger partial charge in [0.2, 0.25) is 0 Å². The fourth-order valence-electron chi connectivity index (χ4n) is 1.85. The minimum absolute atomic E-state index is 0.0598. The summed E-state index contributed by atoms with van der Waals surface area (Å²) in [6.07, 6.45) is 1.44. The first-order valence-electron chi connectivity index (χ1n) is 6.35. The lowest BCUT2D eigenvalue weighted by Gasteiger charge is -2.21. The third-order valence-electron chi connectivity index (χ3n) is 3.09. The van der Waals surface area contributed by atoms with Crippen LogP contribution < -0.4 is 0 Å². The number of aromatic hydroxyl groups is 1. The smallest absolute Gasteiger partial charge is 0.124 e. The van der Waals surface area contributed by atoms with Gasteiger partial charge in [-0.1, -0.05) is 23.7 Å². The van der Waals surface area contributed by atoms with Gasteiger partial charge < -0.3 is 10.2 Å². The molecule has 2 rings (SSSR count). The van der Waals surface area contributed by atoms with Crippen molar-refractivity contribution < 1.29 is 14.6 Å². The highest BCUT2D eigenvalue weighted by molar-refractivity contribution is 6.30. The summed E-state index contributed by atoms with van der Waals surface area (Å²) >= 11 is 5.84. The summed E-state index contributed by atoms with van der Waals surface area (Å²) in [5.41, 5.74) is -0.188. The molecule has 0 aliphatic carbocycles. The first-order chi connectivity index (χ1) is 9.88. The van der Waals surface area contributed by atoms with E-state index in [4.69, 9.17) is 11.6 Å². The maximum atomic E-state index is 12.9. The van der Waals surface area contributed by atoms with Gasteiger partial charge in [0, 0.05) is 16.8 Å². The van der Waals surface area contributed by atoms with Crippen molar-refractivity contribution >= 4 is 17.8 Å². The molecule has 3 nitrogen and oxygen atoms in total. The molecule has 0 radical (unpaired) electrons. The van der Waals surface area contributed by atoms with E-state index in [-0.39, 0.29) is 18.1 Å². The summed E-state index contributed by atoms with van der Waals surface area (Å²) in [5.74, 6) is -0.300. The molecular weight excluding hydrogens is 293 g/mol. The van der Waals surface area contributed by atoms with Crippen molar-refractivity contribution in [2.45, 2.75) is 12.5 Å². The summed E-state index contributed by atoms with van der Waals surface area (Å²) in [4.78, 5) is 4.13. The number of hydrogen-bond donors (Lipinski definition) is 2. The zero-order chi connectivity index (χ0) is 15.5. The first-order valence-corrected chi connectivity index (χ1v) is 6.73. The van der Waals surface area contributed by atoms with Gasteiger partial charge in [-0.15, -0.1) is 0 Å². The highest BCUT2D eigenvalue weighted by Crippen LogP contribution is 2.22. The molecule has 0 aliphatic rings. The van der Waals surface area contributed by atoms with Crippen LogP contribution in [-0.4, -0.2) is 23.0 Å². The van der Waals surface area contributed by atoms with Crippen LogP contribution in [0.4, 0.5) is 4.39 Å². The highest BCUT2D eigenvalue weighted by Gasteiger charge is 2.22. The molecule has 0 fully saturated rings. The molecule has 0 aromatic heterocycles. The molecule has 2 aromatic carbocycles. The molecule has 0 spiro atoms. The highest BCUT2D eigenvalue weighted by atomic mass is 35.5. The number of rotatable bonds is 4. The summed E-state index contributed by atoms with van der Waals surface area (Å²) in [5, 5.41) is 20.5. The van der Waals surface area contributed by atoms with Crippen molar-refractivity contribution in [1.29, 1.82) is 0 Å². The van der Waals surface area contributed by atoms with Crippen LogP contribution in [0.15, 0.2) is 47.5 Å². The van der Waals surface area contributed by atoms with E-state index < -0.39 is 5.60 Å². The van der Waals surface area contributed by atoms with Crippen molar-refractivity contribution in [3.8, 4) is 5.75 Å². The number of benzene rings is 2. The normalized spacial score (nSPS) is 14.3. The minimum Gasteiger partial charge on any atom is -0.507 e. The zero-order valence-corrected chi connectivity index (χ0v) is 12.2. The van der Waals surface area contributed by atoms with Gasteiger partial charge in [0.25, 0.3) is 0 Å². The molecule has 2 N–H and O–H groups in total. The first kappa shape index (κ1) is 15.5. The molecule has 1 atom stereocenters. The summed E-state index contributed by atoms with van der Waals surface area (Å²) < 4.78 is 12.9. The molecular formula is C16H15ClFNO2. The number of phenols is 1. The molecule has 0 heterocycles. The number of aliphatic hydroxyl groups is 1. The van der Waals surface area contributed by atoms with Gasteiger partial charge in [-0.25, -0.2) is 4.39 Å². The fraction of sp³-hybridized carbons (Fsp3) is 0.188. The Morgan fingerprint density at radius 1 is 1.24 bits per heavy atom. The molecule has 21 heavy (non-hydrogen) atoms. The van der Waals surface area contributed by atoms with E-state index in [0.29, 0.717) is 16.1 Å². The summed E-state index contributed by atoms with van der Waals surface area (Å²) in [6.45, 7) is 1.67. The summed E-state index contributed by atoms with van der Waals surface area (Å²) in [7, 11) is 0. The Labute approximate surface area is 127 Å². The second kappa shape index (κ2) is 6.24. The number of phenolic OH excluding ortho intramolecular Hbond substituents is 1. The van der Waals surface area contributed by atoms with Crippen molar-refractivity contribution in [3.05, 3.63) is 64.4 Å². The van der Waals surface area contributed by atoms with Crippen LogP contribution in [-0.2, 0) is 5.60 Å². The van der Waals surface area contributed by atoms with Crippen LogP contribution in [0.1, 0.15) is 18.1 Å². The lowest BCUT2D eigenvalue weighted by Crippen LogP contribution is -2.25. The third kappa shape index (κ3) is 4.03. The average molecular weight is 308 g/mol. The Bertz CT molecular complexity index is 654. The van der Waals surface area contributed by atoms with Gasteiger partial charge >= 0.3 is 0 Å². The van der Waals surface area contributed by atoms with Crippen molar-refractivity contribution in [2.24, 2.45) is 4.99 Å². The maximum absolute atomic E-state index is 12.9. The van der Waals surface area contributed by atoms with Crippen LogP contribution in [0, 0.1) is 5.82 Å².